The number of halogens is 1. The molecule has 1 fully saturated rings. The zero-order chi connectivity index (χ0) is 27.7. The molecule has 0 saturated heterocycles. The molecular weight excluding hydrogens is 469 g/mol. The Morgan fingerprint density at radius 2 is 1.50 bits per heavy atom. The third kappa shape index (κ3) is 7.29. The number of rotatable bonds is 6. The first kappa shape index (κ1) is 29.8. The minimum absolute atomic E-state index is 0.0397. The number of aliphatic hydroxyl groups is 1. The summed E-state index contributed by atoms with van der Waals surface area (Å²) >= 11 is 0. The van der Waals surface area contributed by atoms with Crippen molar-refractivity contribution in [2.45, 2.75) is 123 Å². The van der Waals surface area contributed by atoms with Crippen molar-refractivity contribution in [1.29, 1.82) is 0 Å². The first-order chi connectivity index (χ1) is 16.3. The monoisotopic (exact) mass is 511 g/mol. The molecule has 0 aromatic carbocycles. The fourth-order valence-electron chi connectivity index (χ4n) is 4.70. The number of allylic oxidation sites excluding steroid dienone is 1. The molecule has 0 spiro atoms. The Bertz CT molecular complexity index is 919. The number of ketones is 1. The lowest BCUT2D eigenvalue weighted by molar-refractivity contribution is -0.186. The average Bonchev–Trinajstić information content (AvgIpc) is 2.67. The van der Waals surface area contributed by atoms with Crippen LogP contribution in [-0.4, -0.2) is 51.6 Å². The molecule has 0 radical (unpaired) electrons. The van der Waals surface area contributed by atoms with E-state index >= 15 is 4.39 Å². The normalized spacial score (nSPS) is 21.9. The van der Waals surface area contributed by atoms with E-state index in [0.29, 0.717) is 12.8 Å². The summed E-state index contributed by atoms with van der Waals surface area (Å²) in [5, 5.41) is 13.4. The fourth-order valence-corrected chi connectivity index (χ4v) is 4.70. The van der Waals surface area contributed by atoms with Crippen molar-refractivity contribution < 1.29 is 38.1 Å². The maximum Gasteiger partial charge on any atom is 0.355 e. The van der Waals surface area contributed by atoms with E-state index in [1.165, 1.54) is 41.5 Å². The lowest BCUT2D eigenvalue weighted by Crippen LogP contribution is -2.61. The first-order valence-corrected chi connectivity index (χ1v) is 12.7. The van der Waals surface area contributed by atoms with Gasteiger partial charge in [0.2, 0.25) is 0 Å². The van der Waals surface area contributed by atoms with Crippen LogP contribution in [-0.2, 0) is 28.7 Å². The number of carbonyl (C=O) groups is 4. The second kappa shape index (κ2) is 10.5. The fraction of sp³-hybridized carbons (Fsp3) is 0.778. The van der Waals surface area contributed by atoms with E-state index < -0.39 is 69.2 Å². The van der Waals surface area contributed by atoms with Gasteiger partial charge in [-0.3, -0.25) is 14.4 Å². The number of aliphatic hydroxyl groups excluding tert-OH is 1. The minimum Gasteiger partial charge on any atom is -0.512 e. The summed E-state index contributed by atoms with van der Waals surface area (Å²) < 4.78 is 27.9. The van der Waals surface area contributed by atoms with Gasteiger partial charge in [0.1, 0.15) is 22.9 Å². The molecule has 8 nitrogen and oxygen atoms in total. The molecule has 2 rings (SSSR count). The van der Waals surface area contributed by atoms with E-state index in [4.69, 9.17) is 9.47 Å². The Morgan fingerprint density at radius 1 is 0.972 bits per heavy atom. The minimum atomic E-state index is -3.65. The molecule has 0 aliphatic heterocycles. The van der Waals surface area contributed by atoms with Gasteiger partial charge in [-0.1, -0.05) is 33.1 Å². The maximum atomic E-state index is 17.2. The molecule has 2 aliphatic carbocycles. The van der Waals surface area contributed by atoms with E-state index in [0.717, 1.165) is 19.3 Å². The molecule has 9 heteroatoms. The molecule has 0 bridgehead atoms. The summed E-state index contributed by atoms with van der Waals surface area (Å²) in [6, 6.07) is -0.397. The Hall–Kier alpha value is -2.45. The molecule has 0 aromatic heterocycles. The number of hydrogen-bond donors (Lipinski definition) is 2. The highest BCUT2D eigenvalue weighted by Crippen LogP contribution is 2.43. The van der Waals surface area contributed by atoms with Gasteiger partial charge < -0.3 is 19.9 Å². The Kier molecular flexibility index (Phi) is 8.69. The summed E-state index contributed by atoms with van der Waals surface area (Å²) in [6.45, 7) is 12.6. The number of nitrogens with one attached hydrogen (secondary N) is 1. The Balaban J connectivity index is 2.71. The molecule has 204 valence electrons. The van der Waals surface area contributed by atoms with E-state index in [9.17, 15) is 24.3 Å². The second-order valence-electron chi connectivity index (χ2n) is 12.8. The second-order valence-corrected chi connectivity index (χ2v) is 12.8. The molecule has 1 saturated carbocycles. The predicted molar refractivity (Wildman–Crippen MR) is 132 cm³/mol. The van der Waals surface area contributed by atoms with E-state index in [1.807, 2.05) is 0 Å². The van der Waals surface area contributed by atoms with Gasteiger partial charge in [0.15, 0.2) is 5.78 Å². The van der Waals surface area contributed by atoms with Crippen LogP contribution in [0.2, 0.25) is 0 Å². The van der Waals surface area contributed by atoms with Crippen LogP contribution in [0.4, 0.5) is 4.39 Å². The van der Waals surface area contributed by atoms with Gasteiger partial charge >= 0.3 is 17.6 Å². The van der Waals surface area contributed by atoms with Crippen molar-refractivity contribution in [3.05, 3.63) is 11.3 Å². The topological polar surface area (TPSA) is 119 Å². The number of carbonyl (C=O) groups excluding carboxylic acids is 4. The Morgan fingerprint density at radius 3 is 1.97 bits per heavy atom. The molecule has 2 aliphatic rings. The quantitative estimate of drug-likeness (QED) is 0.394. The van der Waals surface area contributed by atoms with Crippen LogP contribution < -0.4 is 5.32 Å². The molecule has 36 heavy (non-hydrogen) atoms. The van der Waals surface area contributed by atoms with Crippen molar-refractivity contribution >= 4 is 23.6 Å². The van der Waals surface area contributed by atoms with E-state index in [1.54, 1.807) is 13.8 Å². The molecule has 2 N–H and O–H groups in total. The number of Topliss-reactive ketones (excluding diaryl/α,β-unsaturated/α-hetero) is 1. The highest BCUT2D eigenvalue weighted by molar-refractivity contribution is 6.14. The lowest BCUT2D eigenvalue weighted by Gasteiger charge is -2.38. The summed E-state index contributed by atoms with van der Waals surface area (Å²) in [5.41, 5.74) is -7.24. The van der Waals surface area contributed by atoms with Gasteiger partial charge in [-0.25, -0.2) is 9.18 Å². The summed E-state index contributed by atoms with van der Waals surface area (Å²) in [7, 11) is 0. The summed E-state index contributed by atoms with van der Waals surface area (Å²) in [6.07, 6.45) is 3.66. The molecule has 0 aromatic rings. The van der Waals surface area contributed by atoms with Crippen LogP contribution >= 0.6 is 0 Å². The third-order valence-corrected chi connectivity index (χ3v) is 6.19. The number of amides is 1. The van der Waals surface area contributed by atoms with Crippen LogP contribution in [0.25, 0.3) is 0 Å². The van der Waals surface area contributed by atoms with Crippen LogP contribution in [0, 0.1) is 11.3 Å². The van der Waals surface area contributed by atoms with Crippen molar-refractivity contribution in [3.8, 4) is 0 Å². The van der Waals surface area contributed by atoms with Crippen molar-refractivity contribution in [2.75, 3.05) is 0 Å². The predicted octanol–water partition coefficient (Wildman–Crippen LogP) is 4.64. The van der Waals surface area contributed by atoms with Gasteiger partial charge in [-0.05, 0) is 59.8 Å². The Labute approximate surface area is 213 Å². The van der Waals surface area contributed by atoms with Crippen LogP contribution in [0.15, 0.2) is 11.3 Å². The number of alkyl halides is 1. The highest BCUT2D eigenvalue weighted by atomic mass is 19.1. The van der Waals surface area contributed by atoms with Crippen molar-refractivity contribution in [2.24, 2.45) is 11.3 Å². The smallest absolute Gasteiger partial charge is 0.355 e. The van der Waals surface area contributed by atoms with Gasteiger partial charge in [0.25, 0.3) is 5.91 Å². The SMILES string of the molecule is CC1(C)CC(=O)C([C@H](C(=O)OC(C)(C)C)C(F)(C(=O)NC2CCCCC2)C(=O)OC(C)(C)C)=C(O)C1. The standard InChI is InChI=1S/C27H42FNO7/c1-24(2,3)35-21(32)20(19-17(30)14-26(7,8)15-18(19)31)27(28,23(34)36-25(4,5)6)22(33)29-16-12-10-9-11-13-16/h16,20,30H,9-15H2,1-8H3,(H,29,33)/t20-,27?/m1/s1. The number of ether oxygens (including phenoxy) is 2. The molecule has 0 heterocycles. The van der Waals surface area contributed by atoms with E-state index in [2.05, 4.69) is 5.32 Å². The van der Waals surface area contributed by atoms with Crippen LogP contribution in [0.1, 0.15) is 100 Å². The zero-order valence-electron chi connectivity index (χ0n) is 22.9. The zero-order valence-corrected chi connectivity index (χ0v) is 22.9. The van der Waals surface area contributed by atoms with Gasteiger partial charge in [0.05, 0.1) is 5.57 Å². The lowest BCUT2D eigenvalue weighted by atomic mass is 9.70. The van der Waals surface area contributed by atoms with Gasteiger partial charge in [-0.15, -0.1) is 0 Å². The average molecular weight is 512 g/mol. The first-order valence-electron chi connectivity index (χ1n) is 12.7. The van der Waals surface area contributed by atoms with Crippen molar-refractivity contribution in [3.63, 3.8) is 0 Å². The van der Waals surface area contributed by atoms with Crippen LogP contribution in [0.3, 0.4) is 0 Å². The highest BCUT2D eigenvalue weighted by Gasteiger charge is 2.63. The van der Waals surface area contributed by atoms with Crippen LogP contribution in [0.5, 0.6) is 0 Å². The van der Waals surface area contributed by atoms with Gasteiger partial charge in [-0.2, -0.15) is 0 Å². The van der Waals surface area contributed by atoms with E-state index in [-0.39, 0.29) is 12.8 Å². The molecular formula is C27H42FNO7. The summed E-state index contributed by atoms with van der Waals surface area (Å²) in [4.78, 5) is 53.6. The molecule has 1 amide bonds. The molecule has 1 unspecified atom stereocenters. The number of hydrogen-bond acceptors (Lipinski definition) is 7. The number of esters is 2. The third-order valence-electron chi connectivity index (χ3n) is 6.19. The van der Waals surface area contributed by atoms with Gasteiger partial charge in [0, 0.05) is 18.9 Å². The van der Waals surface area contributed by atoms with Crippen molar-refractivity contribution in [1.82, 2.24) is 5.32 Å². The largest absolute Gasteiger partial charge is 0.512 e. The molecule has 2 atom stereocenters. The summed E-state index contributed by atoms with van der Waals surface area (Å²) in [5.74, 6) is -7.89. The maximum absolute atomic E-state index is 17.2.